The quantitative estimate of drug-likeness (QED) is 0.504. The van der Waals surface area contributed by atoms with Crippen LogP contribution in [0.15, 0.2) is 35.9 Å². The predicted octanol–water partition coefficient (Wildman–Crippen LogP) is 3.32. The minimum absolute atomic E-state index is 0.106. The molecule has 0 spiro atoms. The summed E-state index contributed by atoms with van der Waals surface area (Å²) in [5, 5.41) is 2.78. The molecule has 4 fully saturated rings. The van der Waals surface area contributed by atoms with Crippen LogP contribution >= 0.6 is 0 Å². The molecule has 5 aliphatic rings. The lowest BCUT2D eigenvalue weighted by molar-refractivity contribution is -0.136. The van der Waals surface area contributed by atoms with Crippen molar-refractivity contribution in [2.75, 3.05) is 31.6 Å². The summed E-state index contributed by atoms with van der Waals surface area (Å²) in [6.07, 6.45) is 10.3. The van der Waals surface area contributed by atoms with Crippen molar-refractivity contribution in [1.29, 1.82) is 0 Å². The fourth-order valence-corrected chi connectivity index (χ4v) is 7.37. The molecule has 4 saturated heterocycles. The molecule has 0 radical (unpaired) electrons. The molecule has 1 aromatic carbocycles. The van der Waals surface area contributed by atoms with Crippen LogP contribution in [0.25, 0.3) is 0 Å². The molecule has 6 rings (SSSR count). The van der Waals surface area contributed by atoms with E-state index in [2.05, 4.69) is 21.2 Å². The number of carbonyl (C=O) groups is 3. The van der Waals surface area contributed by atoms with Gasteiger partial charge in [0.15, 0.2) is 0 Å². The molecule has 4 aliphatic heterocycles. The number of hydrogen-bond donors (Lipinski definition) is 1. The maximum atomic E-state index is 13.5. The van der Waals surface area contributed by atoms with Gasteiger partial charge in [-0.15, -0.1) is 0 Å². The van der Waals surface area contributed by atoms with E-state index in [1.54, 1.807) is 31.4 Å². The van der Waals surface area contributed by atoms with Gasteiger partial charge in [-0.2, -0.15) is 0 Å². The van der Waals surface area contributed by atoms with Gasteiger partial charge in [0.25, 0.3) is 5.91 Å². The van der Waals surface area contributed by atoms with E-state index in [-0.39, 0.29) is 24.3 Å². The summed E-state index contributed by atoms with van der Waals surface area (Å²) < 4.78 is 5.17. The highest BCUT2D eigenvalue weighted by atomic mass is 16.5. The fraction of sp³-hybridized carbons (Fsp3) is 0.607. The number of nitrogens with one attached hydrogen (secondary N) is 1. The third-order valence-electron chi connectivity index (χ3n) is 8.97. The largest absolute Gasteiger partial charge is 0.497 e. The molecule has 0 aromatic heterocycles. The third kappa shape index (κ3) is 4.09. The molecular weight excluding hydrogens is 456 g/mol. The number of ether oxygens (including phenoxy) is 1. The molecule has 1 aromatic rings. The molecule has 1 N–H and O–H groups in total. The van der Waals surface area contributed by atoms with Crippen LogP contribution in [-0.4, -0.2) is 72.5 Å². The normalized spacial score (nSPS) is 31.9. The molecule has 0 saturated carbocycles. The lowest BCUT2D eigenvalue weighted by Crippen LogP contribution is -2.60. The molecule has 4 heterocycles. The van der Waals surface area contributed by atoms with Crippen molar-refractivity contribution < 1.29 is 19.1 Å². The highest BCUT2D eigenvalue weighted by molar-refractivity contribution is 6.21. The van der Waals surface area contributed by atoms with Crippen LogP contribution < -0.4 is 15.0 Å². The average molecular weight is 493 g/mol. The summed E-state index contributed by atoms with van der Waals surface area (Å²) in [5.41, 5.74) is 1.97. The number of amides is 4. The first-order chi connectivity index (χ1) is 17.5. The van der Waals surface area contributed by atoms with E-state index in [9.17, 15) is 14.4 Å². The van der Waals surface area contributed by atoms with Gasteiger partial charge in [-0.3, -0.25) is 14.5 Å². The van der Waals surface area contributed by atoms with Crippen LogP contribution in [0.4, 0.5) is 10.5 Å². The number of urea groups is 1. The SMILES string of the molecule is COc1ccc(N2C(=O)N[C@H](CCC(=O)N3CCCC4=C[C@H]5C[C@@H](CN6CCCC[C@H]56)[C@H]43)C2=O)cc1. The molecule has 36 heavy (non-hydrogen) atoms. The number of imide groups is 1. The molecule has 8 nitrogen and oxygen atoms in total. The number of methoxy groups -OCH3 is 1. The Morgan fingerprint density at radius 2 is 1.94 bits per heavy atom. The van der Waals surface area contributed by atoms with E-state index in [1.807, 2.05) is 0 Å². The van der Waals surface area contributed by atoms with E-state index in [1.165, 1.54) is 37.8 Å². The van der Waals surface area contributed by atoms with Gasteiger partial charge in [0.1, 0.15) is 11.8 Å². The van der Waals surface area contributed by atoms with Crippen LogP contribution in [-0.2, 0) is 9.59 Å². The Bertz CT molecular complexity index is 1070. The Morgan fingerprint density at radius 3 is 2.75 bits per heavy atom. The topological polar surface area (TPSA) is 82.2 Å². The number of carbonyl (C=O) groups excluding carboxylic acids is 3. The van der Waals surface area contributed by atoms with Gasteiger partial charge in [0, 0.05) is 25.6 Å². The number of benzene rings is 1. The van der Waals surface area contributed by atoms with Crippen molar-refractivity contribution >= 4 is 23.5 Å². The van der Waals surface area contributed by atoms with Crippen molar-refractivity contribution in [3.05, 3.63) is 35.9 Å². The first kappa shape index (κ1) is 23.5. The van der Waals surface area contributed by atoms with Gasteiger partial charge >= 0.3 is 6.03 Å². The van der Waals surface area contributed by atoms with Gasteiger partial charge in [0.2, 0.25) is 5.91 Å². The first-order valence-electron chi connectivity index (χ1n) is 13.6. The summed E-state index contributed by atoms with van der Waals surface area (Å²) in [6, 6.07) is 6.61. The lowest BCUT2D eigenvalue weighted by Gasteiger charge is -2.54. The molecule has 2 bridgehead atoms. The van der Waals surface area contributed by atoms with Gasteiger partial charge in [-0.1, -0.05) is 18.1 Å². The third-order valence-corrected chi connectivity index (χ3v) is 8.97. The van der Waals surface area contributed by atoms with Crippen molar-refractivity contribution in [3.63, 3.8) is 0 Å². The van der Waals surface area contributed by atoms with Crippen LogP contribution in [0.1, 0.15) is 51.4 Å². The van der Waals surface area contributed by atoms with Crippen LogP contribution in [0, 0.1) is 11.8 Å². The van der Waals surface area contributed by atoms with Crippen molar-refractivity contribution in [3.8, 4) is 5.75 Å². The zero-order valence-corrected chi connectivity index (χ0v) is 21.0. The second-order valence-corrected chi connectivity index (χ2v) is 11.0. The van der Waals surface area contributed by atoms with Crippen LogP contribution in [0.5, 0.6) is 5.75 Å². The second-order valence-electron chi connectivity index (χ2n) is 11.0. The summed E-state index contributed by atoms with van der Waals surface area (Å²) in [6.45, 7) is 3.07. The van der Waals surface area contributed by atoms with Gasteiger partial charge < -0.3 is 15.0 Å². The Kier molecular flexibility index (Phi) is 6.23. The molecular formula is C28H36N4O4. The van der Waals surface area contributed by atoms with Crippen molar-refractivity contribution in [2.24, 2.45) is 11.8 Å². The molecule has 0 unspecified atom stereocenters. The molecule has 5 atom stereocenters. The Morgan fingerprint density at radius 1 is 1.11 bits per heavy atom. The maximum absolute atomic E-state index is 13.5. The van der Waals surface area contributed by atoms with Crippen LogP contribution in [0.2, 0.25) is 0 Å². The molecule has 8 heteroatoms. The Labute approximate surface area is 212 Å². The number of fused-ring (bicyclic) bond motifs is 6. The summed E-state index contributed by atoms with van der Waals surface area (Å²) in [5.74, 6) is 1.61. The lowest BCUT2D eigenvalue weighted by atomic mass is 9.68. The monoisotopic (exact) mass is 492 g/mol. The number of piperidine rings is 3. The minimum Gasteiger partial charge on any atom is -0.497 e. The maximum Gasteiger partial charge on any atom is 0.329 e. The van der Waals surface area contributed by atoms with E-state index in [0.29, 0.717) is 35.7 Å². The zero-order chi connectivity index (χ0) is 24.8. The first-order valence-corrected chi connectivity index (χ1v) is 13.6. The molecule has 1 aliphatic carbocycles. The summed E-state index contributed by atoms with van der Waals surface area (Å²) in [7, 11) is 1.57. The van der Waals surface area contributed by atoms with Gasteiger partial charge in [0.05, 0.1) is 18.8 Å². The number of rotatable bonds is 5. The zero-order valence-electron chi connectivity index (χ0n) is 21.0. The Hall–Kier alpha value is -2.87. The minimum atomic E-state index is -0.678. The average Bonchev–Trinajstić information content (AvgIpc) is 3.19. The molecule has 192 valence electrons. The highest BCUT2D eigenvalue weighted by Crippen LogP contribution is 2.45. The van der Waals surface area contributed by atoms with Crippen molar-refractivity contribution in [2.45, 2.75) is 69.5 Å². The highest BCUT2D eigenvalue weighted by Gasteiger charge is 2.47. The number of hydrogen-bond acceptors (Lipinski definition) is 5. The standard InChI is InChI=1S/C28H36N4O4/c1-36-22-9-7-21(8-10-22)32-27(34)23(29-28(32)35)11-12-25(33)31-14-4-5-18-15-19-16-20(26(18)31)17-30-13-3-2-6-24(19)30/h7-10,15,19-20,23-24,26H,2-6,11-14,16-17H2,1H3,(H,29,35)/t19-,20-,23+,24+,26-/m0/s1. The predicted molar refractivity (Wildman–Crippen MR) is 136 cm³/mol. The van der Waals surface area contributed by atoms with Gasteiger partial charge in [-0.05, 0) is 81.2 Å². The van der Waals surface area contributed by atoms with Crippen LogP contribution in [0.3, 0.4) is 0 Å². The summed E-state index contributed by atoms with van der Waals surface area (Å²) in [4.78, 5) is 45.1. The van der Waals surface area contributed by atoms with Gasteiger partial charge in [-0.25, -0.2) is 9.69 Å². The van der Waals surface area contributed by atoms with E-state index in [4.69, 9.17) is 4.74 Å². The Balaban J connectivity index is 1.12. The smallest absolute Gasteiger partial charge is 0.329 e. The number of nitrogens with zero attached hydrogens (tertiary/aromatic N) is 3. The number of anilines is 1. The number of likely N-dealkylation sites (tertiary alicyclic amines) is 1. The van der Waals surface area contributed by atoms with E-state index >= 15 is 0 Å². The summed E-state index contributed by atoms with van der Waals surface area (Å²) >= 11 is 0. The second kappa shape index (κ2) is 9.54. The van der Waals surface area contributed by atoms with Crippen molar-refractivity contribution in [1.82, 2.24) is 15.1 Å². The van der Waals surface area contributed by atoms with E-state index < -0.39 is 12.1 Å². The fourth-order valence-electron chi connectivity index (χ4n) is 7.37. The molecule has 4 amide bonds. The van der Waals surface area contributed by atoms with E-state index in [0.717, 1.165) is 30.8 Å².